The Bertz CT molecular complexity index is 702. The smallest absolute Gasteiger partial charge is 0.225 e. The summed E-state index contributed by atoms with van der Waals surface area (Å²) in [6.07, 6.45) is 12.8. The molecule has 1 atom stereocenters. The van der Waals surface area contributed by atoms with Crippen molar-refractivity contribution >= 4 is 11.9 Å². The van der Waals surface area contributed by atoms with E-state index >= 15 is 0 Å². The zero-order valence-electron chi connectivity index (χ0n) is 17.8. The molecule has 1 aromatic heterocycles. The lowest BCUT2D eigenvalue weighted by atomic mass is 10.1. The van der Waals surface area contributed by atoms with Crippen LogP contribution >= 0.6 is 0 Å². The van der Waals surface area contributed by atoms with Gasteiger partial charge in [0.2, 0.25) is 5.91 Å². The van der Waals surface area contributed by atoms with Crippen LogP contribution in [0.3, 0.4) is 0 Å². The minimum absolute atomic E-state index is 0.269. The minimum Gasteiger partial charge on any atom is -0.357 e. The van der Waals surface area contributed by atoms with Gasteiger partial charge in [-0.15, -0.1) is 0 Å². The van der Waals surface area contributed by atoms with Crippen LogP contribution in [0.4, 0.5) is 0 Å². The molecule has 0 bridgehead atoms. The monoisotopic (exact) mass is 400 g/mol. The number of carbonyl (C=O) groups is 1. The highest BCUT2D eigenvalue weighted by Gasteiger charge is 2.32. The van der Waals surface area contributed by atoms with Crippen molar-refractivity contribution in [2.45, 2.75) is 83.3 Å². The van der Waals surface area contributed by atoms with Gasteiger partial charge in [0, 0.05) is 37.8 Å². The Balaban J connectivity index is 1.30. The molecule has 1 unspecified atom stereocenters. The minimum atomic E-state index is 0.269. The van der Waals surface area contributed by atoms with Crippen LogP contribution in [-0.4, -0.2) is 52.2 Å². The van der Waals surface area contributed by atoms with E-state index in [4.69, 9.17) is 10.1 Å². The van der Waals surface area contributed by atoms with E-state index in [2.05, 4.69) is 39.4 Å². The molecule has 1 saturated heterocycles. The molecule has 1 amide bonds. The summed E-state index contributed by atoms with van der Waals surface area (Å²) in [6.45, 7) is 5.12. The predicted molar refractivity (Wildman–Crippen MR) is 115 cm³/mol. The molecule has 4 rings (SSSR count). The Morgan fingerprint density at radius 3 is 2.69 bits per heavy atom. The van der Waals surface area contributed by atoms with E-state index in [1.165, 1.54) is 38.5 Å². The molecule has 2 saturated carbocycles. The largest absolute Gasteiger partial charge is 0.357 e. The number of aromatic nitrogens is 2. The summed E-state index contributed by atoms with van der Waals surface area (Å²) in [5.74, 6) is 1.46. The first-order chi connectivity index (χ1) is 14.2. The standard InChI is InChI=1S/C22H36N6O/c1-2-23-22(24-15-18-12-14-28(26-18)20-9-5-6-10-20)25-19-11-13-27(16-19)21(29)17-7-3-4-8-17/h12,14,17,19-20H,2-11,13,15-16H2,1H3,(H2,23,24,25). The fourth-order valence-corrected chi connectivity index (χ4v) is 5.02. The molecule has 1 aliphatic heterocycles. The van der Waals surface area contributed by atoms with Crippen LogP contribution in [0.25, 0.3) is 0 Å². The number of hydrogen-bond acceptors (Lipinski definition) is 3. The average molecular weight is 401 g/mol. The third-order valence-electron chi connectivity index (χ3n) is 6.65. The number of nitrogens with one attached hydrogen (secondary N) is 2. The number of amides is 1. The maximum absolute atomic E-state index is 12.7. The topological polar surface area (TPSA) is 74.6 Å². The Morgan fingerprint density at radius 1 is 1.17 bits per heavy atom. The molecule has 0 spiro atoms. The van der Waals surface area contributed by atoms with Crippen molar-refractivity contribution < 1.29 is 4.79 Å². The fraction of sp³-hybridized carbons (Fsp3) is 0.773. The maximum Gasteiger partial charge on any atom is 0.225 e. The van der Waals surface area contributed by atoms with Crippen LogP contribution in [-0.2, 0) is 11.3 Å². The van der Waals surface area contributed by atoms with Gasteiger partial charge in [-0.1, -0.05) is 25.7 Å². The number of carbonyl (C=O) groups excluding carboxylic acids is 1. The molecule has 3 aliphatic rings. The number of rotatable bonds is 6. The van der Waals surface area contributed by atoms with E-state index in [1.807, 2.05) is 0 Å². The summed E-state index contributed by atoms with van der Waals surface area (Å²) < 4.78 is 2.13. The van der Waals surface area contributed by atoms with Crippen molar-refractivity contribution in [2.75, 3.05) is 19.6 Å². The second-order valence-corrected chi connectivity index (χ2v) is 8.82. The Hall–Kier alpha value is -2.05. The van der Waals surface area contributed by atoms with Gasteiger partial charge in [0.1, 0.15) is 0 Å². The number of guanidine groups is 1. The van der Waals surface area contributed by atoms with Crippen LogP contribution in [0, 0.1) is 5.92 Å². The highest BCUT2D eigenvalue weighted by Crippen LogP contribution is 2.29. The zero-order chi connectivity index (χ0) is 20.1. The normalized spacial score (nSPS) is 23.8. The van der Waals surface area contributed by atoms with E-state index in [9.17, 15) is 4.79 Å². The molecule has 2 N–H and O–H groups in total. The summed E-state index contributed by atoms with van der Waals surface area (Å²) in [6, 6.07) is 2.93. The van der Waals surface area contributed by atoms with Gasteiger partial charge in [0.25, 0.3) is 0 Å². The summed E-state index contributed by atoms with van der Waals surface area (Å²) in [5, 5.41) is 11.6. The van der Waals surface area contributed by atoms with Crippen LogP contribution in [0.2, 0.25) is 0 Å². The van der Waals surface area contributed by atoms with Crippen molar-refractivity contribution in [2.24, 2.45) is 10.9 Å². The highest BCUT2D eigenvalue weighted by molar-refractivity contribution is 5.81. The molecule has 2 heterocycles. The molecule has 160 valence electrons. The summed E-state index contributed by atoms with van der Waals surface area (Å²) >= 11 is 0. The van der Waals surface area contributed by atoms with Crippen LogP contribution in [0.1, 0.15) is 76.4 Å². The SMILES string of the molecule is CCNC(=NCc1ccn(C2CCCC2)n1)NC1CCN(C(=O)C2CCCC2)C1. The lowest BCUT2D eigenvalue weighted by molar-refractivity contribution is -0.134. The molecular formula is C22H36N6O. The summed E-state index contributed by atoms with van der Waals surface area (Å²) in [5.41, 5.74) is 1.01. The quantitative estimate of drug-likeness (QED) is 0.569. The van der Waals surface area contributed by atoms with Crippen molar-refractivity contribution in [1.82, 2.24) is 25.3 Å². The van der Waals surface area contributed by atoms with Crippen molar-refractivity contribution in [1.29, 1.82) is 0 Å². The maximum atomic E-state index is 12.7. The van der Waals surface area contributed by atoms with Crippen molar-refractivity contribution in [3.63, 3.8) is 0 Å². The van der Waals surface area contributed by atoms with E-state index in [1.54, 1.807) is 0 Å². The number of aliphatic imine (C=N–C) groups is 1. The number of nitrogens with zero attached hydrogens (tertiary/aromatic N) is 4. The van der Waals surface area contributed by atoms with Crippen LogP contribution in [0.5, 0.6) is 0 Å². The molecule has 7 nitrogen and oxygen atoms in total. The molecule has 3 fully saturated rings. The second kappa shape index (κ2) is 9.63. The molecule has 7 heteroatoms. The molecule has 0 radical (unpaired) electrons. The first kappa shape index (κ1) is 20.2. The molecule has 0 aromatic carbocycles. The molecule has 2 aliphatic carbocycles. The second-order valence-electron chi connectivity index (χ2n) is 8.82. The van der Waals surface area contributed by atoms with Gasteiger partial charge < -0.3 is 15.5 Å². The zero-order valence-corrected chi connectivity index (χ0v) is 17.8. The average Bonchev–Trinajstić information content (AvgIpc) is 3.53. The van der Waals surface area contributed by atoms with Crippen LogP contribution in [0.15, 0.2) is 17.3 Å². The highest BCUT2D eigenvalue weighted by atomic mass is 16.2. The van der Waals surface area contributed by atoms with Crippen molar-refractivity contribution in [3.8, 4) is 0 Å². The summed E-state index contributed by atoms with van der Waals surface area (Å²) in [7, 11) is 0. The number of hydrogen-bond donors (Lipinski definition) is 2. The van der Waals surface area contributed by atoms with Gasteiger partial charge in [0.15, 0.2) is 5.96 Å². The van der Waals surface area contributed by atoms with Gasteiger partial charge in [-0.2, -0.15) is 5.10 Å². The van der Waals surface area contributed by atoms with Gasteiger partial charge in [-0.05, 0) is 45.1 Å². The van der Waals surface area contributed by atoms with E-state index < -0.39 is 0 Å². The third kappa shape index (κ3) is 5.11. The van der Waals surface area contributed by atoms with Gasteiger partial charge in [0.05, 0.1) is 18.3 Å². The first-order valence-electron chi connectivity index (χ1n) is 11.6. The Labute approximate surface area is 174 Å². The first-order valence-corrected chi connectivity index (χ1v) is 11.6. The molecule has 1 aromatic rings. The van der Waals surface area contributed by atoms with Gasteiger partial charge in [-0.3, -0.25) is 9.48 Å². The Kier molecular flexibility index (Phi) is 6.72. The van der Waals surface area contributed by atoms with E-state index in [0.717, 1.165) is 50.6 Å². The van der Waals surface area contributed by atoms with Crippen molar-refractivity contribution in [3.05, 3.63) is 18.0 Å². The third-order valence-corrected chi connectivity index (χ3v) is 6.65. The summed E-state index contributed by atoms with van der Waals surface area (Å²) in [4.78, 5) is 19.5. The predicted octanol–water partition coefficient (Wildman–Crippen LogP) is 2.84. The van der Waals surface area contributed by atoms with Gasteiger partial charge in [-0.25, -0.2) is 4.99 Å². The number of likely N-dealkylation sites (tertiary alicyclic amines) is 1. The van der Waals surface area contributed by atoms with Crippen LogP contribution < -0.4 is 10.6 Å². The lowest BCUT2D eigenvalue weighted by Gasteiger charge is -2.21. The fourth-order valence-electron chi connectivity index (χ4n) is 5.02. The van der Waals surface area contributed by atoms with E-state index in [-0.39, 0.29) is 12.0 Å². The van der Waals surface area contributed by atoms with E-state index in [0.29, 0.717) is 18.5 Å². The molecular weight excluding hydrogens is 364 g/mol. The van der Waals surface area contributed by atoms with Gasteiger partial charge >= 0.3 is 0 Å². The molecule has 29 heavy (non-hydrogen) atoms. The lowest BCUT2D eigenvalue weighted by Crippen LogP contribution is -2.45. The Morgan fingerprint density at radius 2 is 1.93 bits per heavy atom.